The van der Waals surface area contributed by atoms with Crippen LogP contribution in [0.15, 0.2) is 29.0 Å². The van der Waals surface area contributed by atoms with Gasteiger partial charge in [0.1, 0.15) is 0 Å². The molecule has 20 heavy (non-hydrogen) atoms. The number of aliphatic hydroxyl groups is 1. The van der Waals surface area contributed by atoms with Crippen LogP contribution in [0.4, 0.5) is 0 Å². The molecule has 2 heterocycles. The van der Waals surface area contributed by atoms with E-state index in [1.165, 1.54) is 6.42 Å². The molecular formula is C14H16BrN3O2. The van der Waals surface area contributed by atoms with Crippen LogP contribution in [-0.4, -0.2) is 33.3 Å². The minimum atomic E-state index is -0.183. The first kappa shape index (κ1) is 13.6. The van der Waals surface area contributed by atoms with E-state index in [9.17, 15) is 9.90 Å². The zero-order chi connectivity index (χ0) is 14.1. The van der Waals surface area contributed by atoms with Crippen LogP contribution < -0.4 is 5.32 Å². The number of halogens is 1. The number of hydrogen-bond acceptors (Lipinski definition) is 3. The number of carbonyl (C=O) groups excluding carboxylic acids is 1. The molecule has 1 fully saturated rings. The van der Waals surface area contributed by atoms with Crippen molar-refractivity contribution in [3.8, 4) is 0 Å². The van der Waals surface area contributed by atoms with Gasteiger partial charge in [0, 0.05) is 10.7 Å². The predicted octanol–water partition coefficient (Wildman–Crippen LogP) is 1.99. The molecule has 0 saturated heterocycles. The van der Waals surface area contributed by atoms with Gasteiger partial charge in [0.2, 0.25) is 0 Å². The summed E-state index contributed by atoms with van der Waals surface area (Å²) in [5, 5.41) is 16.5. The van der Waals surface area contributed by atoms with Crippen LogP contribution in [-0.2, 0) is 0 Å². The smallest absolute Gasteiger partial charge is 0.255 e. The van der Waals surface area contributed by atoms with Crippen molar-refractivity contribution < 1.29 is 9.90 Å². The van der Waals surface area contributed by atoms with E-state index in [0.29, 0.717) is 11.5 Å². The molecule has 1 saturated carbocycles. The van der Waals surface area contributed by atoms with E-state index < -0.39 is 0 Å². The third-order valence-corrected chi connectivity index (χ3v) is 4.61. The standard InChI is InChI=1S/C14H16BrN3O2/c15-11-5-2-6-18-13(11)10(7-16-18)14(20)17-12(8-19)9-3-1-4-9/h2,5-7,9,12,19H,1,3-4,8H2,(H,17,20). The summed E-state index contributed by atoms with van der Waals surface area (Å²) < 4.78 is 2.49. The Hall–Kier alpha value is -1.40. The molecule has 2 N–H and O–H groups in total. The number of nitrogens with zero attached hydrogens (tertiary/aromatic N) is 2. The fourth-order valence-electron chi connectivity index (χ4n) is 2.57. The maximum atomic E-state index is 12.4. The lowest BCUT2D eigenvalue weighted by atomic mass is 9.80. The topological polar surface area (TPSA) is 66.6 Å². The molecule has 106 valence electrons. The summed E-state index contributed by atoms with van der Waals surface area (Å²) in [5.41, 5.74) is 1.27. The van der Waals surface area contributed by atoms with Crippen molar-refractivity contribution >= 4 is 27.4 Å². The number of aromatic nitrogens is 2. The largest absolute Gasteiger partial charge is 0.394 e. The van der Waals surface area contributed by atoms with Crippen molar-refractivity contribution in [3.63, 3.8) is 0 Å². The molecule has 1 amide bonds. The fraction of sp³-hybridized carbons (Fsp3) is 0.429. The van der Waals surface area contributed by atoms with Gasteiger partial charge < -0.3 is 10.4 Å². The second-order valence-corrected chi connectivity index (χ2v) is 6.02. The molecule has 0 spiro atoms. The van der Waals surface area contributed by atoms with E-state index in [4.69, 9.17) is 0 Å². The molecule has 0 aliphatic heterocycles. The number of fused-ring (bicyclic) bond motifs is 1. The molecular weight excluding hydrogens is 322 g/mol. The average molecular weight is 338 g/mol. The van der Waals surface area contributed by atoms with Crippen LogP contribution in [0.25, 0.3) is 5.52 Å². The zero-order valence-corrected chi connectivity index (χ0v) is 12.5. The molecule has 0 aromatic carbocycles. The Balaban J connectivity index is 1.85. The lowest BCUT2D eigenvalue weighted by molar-refractivity contribution is 0.0847. The SMILES string of the molecule is O=C(NC(CO)C1CCC1)c1cnn2cccc(Br)c12. The van der Waals surface area contributed by atoms with Crippen molar-refractivity contribution in [1.82, 2.24) is 14.9 Å². The molecule has 0 radical (unpaired) electrons. The second kappa shape index (κ2) is 5.54. The van der Waals surface area contributed by atoms with Crippen LogP contribution in [0.3, 0.4) is 0 Å². The van der Waals surface area contributed by atoms with Gasteiger partial charge in [0.25, 0.3) is 5.91 Å². The highest BCUT2D eigenvalue weighted by Crippen LogP contribution is 2.30. The number of nitrogens with one attached hydrogen (secondary N) is 1. The molecule has 1 aliphatic carbocycles. The number of pyridine rings is 1. The van der Waals surface area contributed by atoms with E-state index in [1.807, 2.05) is 12.1 Å². The quantitative estimate of drug-likeness (QED) is 0.896. The number of aliphatic hydroxyl groups excluding tert-OH is 1. The van der Waals surface area contributed by atoms with Crippen molar-refractivity contribution in [2.24, 2.45) is 5.92 Å². The molecule has 2 aromatic rings. The van der Waals surface area contributed by atoms with Gasteiger partial charge in [-0.15, -0.1) is 0 Å². The zero-order valence-electron chi connectivity index (χ0n) is 10.9. The summed E-state index contributed by atoms with van der Waals surface area (Å²) in [6.07, 6.45) is 6.68. The second-order valence-electron chi connectivity index (χ2n) is 5.16. The fourth-order valence-corrected chi connectivity index (χ4v) is 3.12. The van der Waals surface area contributed by atoms with Gasteiger partial charge in [-0.05, 0) is 46.8 Å². The Morgan fingerprint density at radius 2 is 2.40 bits per heavy atom. The van der Waals surface area contributed by atoms with Crippen LogP contribution in [0.1, 0.15) is 29.6 Å². The van der Waals surface area contributed by atoms with Crippen molar-refractivity contribution in [3.05, 3.63) is 34.6 Å². The van der Waals surface area contributed by atoms with Crippen molar-refractivity contribution in [2.45, 2.75) is 25.3 Å². The van der Waals surface area contributed by atoms with E-state index in [0.717, 1.165) is 22.8 Å². The Morgan fingerprint density at radius 3 is 3.05 bits per heavy atom. The molecule has 1 unspecified atom stereocenters. The van der Waals surface area contributed by atoms with Crippen LogP contribution in [0.2, 0.25) is 0 Å². The number of amides is 1. The first-order chi connectivity index (χ1) is 9.70. The molecule has 3 rings (SSSR count). The van der Waals surface area contributed by atoms with E-state index >= 15 is 0 Å². The lowest BCUT2D eigenvalue weighted by Gasteiger charge is -2.33. The summed E-state index contributed by atoms with van der Waals surface area (Å²) in [5.74, 6) is 0.215. The first-order valence-electron chi connectivity index (χ1n) is 6.74. The van der Waals surface area contributed by atoms with Crippen molar-refractivity contribution in [1.29, 1.82) is 0 Å². The van der Waals surface area contributed by atoms with Crippen LogP contribution >= 0.6 is 15.9 Å². The molecule has 0 bridgehead atoms. The maximum absolute atomic E-state index is 12.4. The monoisotopic (exact) mass is 337 g/mol. The summed E-state index contributed by atoms with van der Waals surface area (Å²) in [6, 6.07) is 3.58. The van der Waals surface area contributed by atoms with Gasteiger partial charge in [-0.2, -0.15) is 5.10 Å². The third-order valence-electron chi connectivity index (χ3n) is 3.97. The van der Waals surface area contributed by atoms with Crippen molar-refractivity contribution in [2.75, 3.05) is 6.61 Å². The van der Waals surface area contributed by atoms with Gasteiger partial charge >= 0.3 is 0 Å². The summed E-state index contributed by atoms with van der Waals surface area (Å²) in [4.78, 5) is 12.4. The number of carbonyl (C=O) groups is 1. The molecule has 1 aliphatic rings. The highest BCUT2D eigenvalue weighted by atomic mass is 79.9. The Bertz CT molecular complexity index is 636. The minimum Gasteiger partial charge on any atom is -0.394 e. The normalized spacial score (nSPS) is 16.9. The third kappa shape index (κ3) is 2.33. The molecule has 2 aromatic heterocycles. The first-order valence-corrected chi connectivity index (χ1v) is 7.53. The predicted molar refractivity (Wildman–Crippen MR) is 78.6 cm³/mol. The summed E-state index contributed by atoms with van der Waals surface area (Å²) in [6.45, 7) is -0.0171. The Morgan fingerprint density at radius 1 is 1.60 bits per heavy atom. The van der Waals surface area contributed by atoms with Gasteiger partial charge in [-0.1, -0.05) is 6.42 Å². The molecule has 1 atom stereocenters. The van der Waals surface area contributed by atoms with Gasteiger partial charge in [0.05, 0.1) is 29.9 Å². The molecule has 6 heteroatoms. The lowest BCUT2D eigenvalue weighted by Crippen LogP contribution is -2.45. The van der Waals surface area contributed by atoms with Crippen LogP contribution in [0.5, 0.6) is 0 Å². The minimum absolute atomic E-state index is 0.0171. The highest BCUT2D eigenvalue weighted by Gasteiger charge is 2.29. The maximum Gasteiger partial charge on any atom is 0.255 e. The summed E-state index contributed by atoms with van der Waals surface area (Å²) in [7, 11) is 0. The van der Waals surface area contributed by atoms with E-state index in [2.05, 4.69) is 26.3 Å². The number of rotatable bonds is 4. The Kier molecular flexibility index (Phi) is 3.76. The highest BCUT2D eigenvalue weighted by molar-refractivity contribution is 9.10. The average Bonchev–Trinajstić information content (AvgIpc) is 2.81. The Labute approximate surface area is 125 Å². The van der Waals surface area contributed by atoms with E-state index in [-0.39, 0.29) is 18.6 Å². The van der Waals surface area contributed by atoms with Gasteiger partial charge in [0.15, 0.2) is 0 Å². The van der Waals surface area contributed by atoms with Crippen LogP contribution in [0, 0.1) is 5.92 Å². The van der Waals surface area contributed by atoms with Gasteiger partial charge in [-0.25, -0.2) is 4.52 Å². The van der Waals surface area contributed by atoms with E-state index in [1.54, 1.807) is 16.9 Å². The number of hydrogen-bond donors (Lipinski definition) is 2. The van der Waals surface area contributed by atoms with Gasteiger partial charge in [-0.3, -0.25) is 4.79 Å². The molecule has 5 nitrogen and oxygen atoms in total. The summed E-state index contributed by atoms with van der Waals surface area (Å²) >= 11 is 3.44.